The minimum atomic E-state index is -0.559. The van der Waals surface area contributed by atoms with Gasteiger partial charge in [-0.15, -0.1) is 0 Å². The molecule has 4 rings (SSSR count). The fourth-order valence-electron chi connectivity index (χ4n) is 3.66. The molecule has 2 atom stereocenters. The lowest BCUT2D eigenvalue weighted by molar-refractivity contribution is -0.385. The maximum atomic E-state index is 11.9. The van der Waals surface area contributed by atoms with Gasteiger partial charge in [-0.2, -0.15) is 0 Å². The molecule has 0 aliphatic carbocycles. The first-order chi connectivity index (χ1) is 13.9. The predicted molar refractivity (Wildman–Crippen MR) is 107 cm³/mol. The summed E-state index contributed by atoms with van der Waals surface area (Å²) in [5, 5.41) is 14.3. The SMILES string of the molecule is C[C@H]1CN(c2ccc([N+](=O)[O-])cn2)CC[C@H]1Nc1c(C(N)=O)cnc2nc[nH]c12. The highest BCUT2D eigenvalue weighted by Gasteiger charge is 2.29. The lowest BCUT2D eigenvalue weighted by atomic mass is 9.93. The number of nitrogens with two attached hydrogens (primary N) is 1. The fourth-order valence-corrected chi connectivity index (χ4v) is 3.66. The van der Waals surface area contributed by atoms with Crippen LogP contribution in [-0.4, -0.2) is 49.9 Å². The van der Waals surface area contributed by atoms with Crippen LogP contribution < -0.4 is 16.0 Å². The Hall–Kier alpha value is -3.76. The third kappa shape index (κ3) is 3.53. The molecule has 3 aromatic heterocycles. The Morgan fingerprint density at radius 1 is 1.34 bits per heavy atom. The summed E-state index contributed by atoms with van der Waals surface area (Å²) in [6.45, 7) is 3.53. The molecule has 11 nitrogen and oxygen atoms in total. The number of amides is 1. The number of fused-ring (bicyclic) bond motifs is 1. The van der Waals surface area contributed by atoms with Crippen molar-refractivity contribution in [3.63, 3.8) is 0 Å². The van der Waals surface area contributed by atoms with Crippen molar-refractivity contribution in [2.45, 2.75) is 19.4 Å². The molecular weight excluding hydrogens is 376 g/mol. The number of nitrogens with zero attached hydrogens (tertiary/aromatic N) is 5. The normalized spacial score (nSPS) is 19.3. The van der Waals surface area contributed by atoms with Crippen molar-refractivity contribution in [3.05, 3.63) is 46.5 Å². The van der Waals surface area contributed by atoms with Crippen molar-refractivity contribution in [3.8, 4) is 0 Å². The summed E-state index contributed by atoms with van der Waals surface area (Å²) < 4.78 is 0. The number of hydrogen-bond acceptors (Lipinski definition) is 8. The first kappa shape index (κ1) is 18.6. The van der Waals surface area contributed by atoms with Gasteiger partial charge in [-0.3, -0.25) is 14.9 Å². The quantitative estimate of drug-likeness (QED) is 0.434. The molecule has 0 spiro atoms. The van der Waals surface area contributed by atoms with Crippen LogP contribution in [0.3, 0.4) is 0 Å². The second-order valence-corrected chi connectivity index (χ2v) is 7.11. The van der Waals surface area contributed by atoms with Gasteiger partial charge >= 0.3 is 0 Å². The van der Waals surface area contributed by atoms with Crippen molar-refractivity contribution >= 4 is 34.3 Å². The monoisotopic (exact) mass is 396 g/mol. The average Bonchev–Trinajstić information content (AvgIpc) is 3.18. The largest absolute Gasteiger partial charge is 0.379 e. The number of pyridine rings is 2. The third-order valence-electron chi connectivity index (χ3n) is 5.22. The van der Waals surface area contributed by atoms with E-state index >= 15 is 0 Å². The number of carbonyl (C=O) groups excluding carboxylic acids is 1. The van der Waals surface area contributed by atoms with E-state index in [9.17, 15) is 14.9 Å². The van der Waals surface area contributed by atoms with Crippen LogP contribution in [0, 0.1) is 16.0 Å². The van der Waals surface area contributed by atoms with Crippen molar-refractivity contribution < 1.29 is 9.72 Å². The summed E-state index contributed by atoms with van der Waals surface area (Å²) in [5.41, 5.74) is 7.58. The summed E-state index contributed by atoms with van der Waals surface area (Å²) in [5.74, 6) is 0.364. The molecule has 150 valence electrons. The average molecular weight is 396 g/mol. The van der Waals surface area contributed by atoms with Crippen molar-refractivity contribution in [1.82, 2.24) is 19.9 Å². The van der Waals surface area contributed by atoms with Gasteiger partial charge in [-0.1, -0.05) is 6.92 Å². The van der Waals surface area contributed by atoms with Gasteiger partial charge in [0.15, 0.2) is 5.65 Å². The van der Waals surface area contributed by atoms with Gasteiger partial charge in [0, 0.05) is 31.4 Å². The summed E-state index contributed by atoms with van der Waals surface area (Å²) in [6, 6.07) is 3.22. The standard InChI is InChI=1S/C18H20N8O3/c1-10-8-25(14-3-2-11(6-20-14)26(28)29)5-4-13(10)24-15-12(17(19)27)7-21-18-16(15)22-9-23-18/h2-3,6-7,9-10,13H,4-5,8H2,1H3,(H2,19,27)(H2,21,22,23,24)/t10-,13+/m0/s1. The maximum Gasteiger partial charge on any atom is 0.287 e. The smallest absolute Gasteiger partial charge is 0.287 e. The van der Waals surface area contributed by atoms with Crippen LogP contribution in [0.1, 0.15) is 23.7 Å². The van der Waals surface area contributed by atoms with Crippen molar-refractivity contribution in [2.75, 3.05) is 23.3 Å². The molecule has 1 fully saturated rings. The molecule has 0 saturated carbocycles. The zero-order valence-electron chi connectivity index (χ0n) is 15.7. The van der Waals surface area contributed by atoms with E-state index in [1.54, 1.807) is 6.07 Å². The lowest BCUT2D eigenvalue weighted by Gasteiger charge is -2.38. The highest BCUT2D eigenvalue weighted by atomic mass is 16.6. The molecule has 1 aliphatic heterocycles. The Bertz CT molecular complexity index is 1060. The fraction of sp³-hybridized carbons (Fsp3) is 0.333. The molecule has 1 saturated heterocycles. The van der Waals surface area contributed by atoms with Gasteiger partial charge < -0.3 is 20.9 Å². The molecule has 4 N–H and O–H groups in total. The van der Waals surface area contributed by atoms with E-state index < -0.39 is 10.8 Å². The minimum Gasteiger partial charge on any atom is -0.379 e. The molecule has 0 bridgehead atoms. The van der Waals surface area contributed by atoms with E-state index in [-0.39, 0.29) is 17.6 Å². The van der Waals surface area contributed by atoms with Crippen LogP contribution in [0.25, 0.3) is 11.2 Å². The molecule has 0 unspecified atom stereocenters. The number of nitrogens with one attached hydrogen (secondary N) is 2. The number of rotatable bonds is 5. The Kier molecular flexibility index (Phi) is 4.71. The number of H-pyrrole nitrogens is 1. The lowest BCUT2D eigenvalue weighted by Crippen LogP contribution is -2.45. The van der Waals surface area contributed by atoms with Crippen LogP contribution in [0.15, 0.2) is 30.9 Å². The molecule has 1 aliphatic rings. The second kappa shape index (κ2) is 7.34. The molecule has 0 aromatic carbocycles. The number of imidazole rings is 1. The van der Waals surface area contributed by atoms with E-state index in [0.29, 0.717) is 34.8 Å². The van der Waals surface area contributed by atoms with Gasteiger partial charge in [0.1, 0.15) is 17.5 Å². The van der Waals surface area contributed by atoms with E-state index in [0.717, 1.165) is 13.0 Å². The Labute approximate surface area is 165 Å². The maximum absolute atomic E-state index is 11.9. The molecular formula is C18H20N8O3. The minimum absolute atomic E-state index is 0.0291. The van der Waals surface area contributed by atoms with E-state index in [2.05, 4.69) is 37.1 Å². The molecule has 1 amide bonds. The van der Waals surface area contributed by atoms with Crippen LogP contribution in [0.2, 0.25) is 0 Å². The van der Waals surface area contributed by atoms with Crippen molar-refractivity contribution in [1.29, 1.82) is 0 Å². The second-order valence-electron chi connectivity index (χ2n) is 7.11. The number of primary amides is 1. The topological polar surface area (TPSA) is 156 Å². The third-order valence-corrected chi connectivity index (χ3v) is 5.22. The Morgan fingerprint density at radius 2 is 2.17 bits per heavy atom. The number of anilines is 2. The van der Waals surface area contributed by atoms with Crippen molar-refractivity contribution in [2.24, 2.45) is 11.7 Å². The van der Waals surface area contributed by atoms with E-state index in [4.69, 9.17) is 5.73 Å². The van der Waals surface area contributed by atoms with Crippen LogP contribution in [0.4, 0.5) is 17.2 Å². The van der Waals surface area contributed by atoms with Gasteiger partial charge in [0.05, 0.1) is 22.5 Å². The first-order valence-electron chi connectivity index (χ1n) is 9.18. The Balaban J connectivity index is 1.52. The molecule has 4 heterocycles. The summed E-state index contributed by atoms with van der Waals surface area (Å²) in [7, 11) is 0. The highest BCUT2D eigenvalue weighted by Crippen LogP contribution is 2.29. The number of nitro groups is 1. The van der Waals surface area contributed by atoms with Crippen LogP contribution in [0.5, 0.6) is 0 Å². The first-order valence-corrected chi connectivity index (χ1v) is 9.18. The predicted octanol–water partition coefficient (Wildman–Crippen LogP) is 1.69. The summed E-state index contributed by atoms with van der Waals surface area (Å²) >= 11 is 0. The molecule has 11 heteroatoms. The van der Waals surface area contributed by atoms with Gasteiger partial charge in [0.25, 0.3) is 11.6 Å². The molecule has 0 radical (unpaired) electrons. The molecule has 29 heavy (non-hydrogen) atoms. The number of hydrogen-bond donors (Lipinski definition) is 3. The van der Waals surface area contributed by atoms with Crippen LogP contribution in [-0.2, 0) is 0 Å². The van der Waals surface area contributed by atoms with E-state index in [1.165, 1.54) is 24.8 Å². The number of carbonyl (C=O) groups is 1. The number of piperidine rings is 1. The van der Waals surface area contributed by atoms with E-state index in [1.807, 2.05) is 0 Å². The number of aromatic nitrogens is 4. The highest BCUT2D eigenvalue weighted by molar-refractivity contribution is 6.04. The summed E-state index contributed by atoms with van der Waals surface area (Å²) in [4.78, 5) is 39.8. The zero-order valence-corrected chi connectivity index (χ0v) is 15.7. The van der Waals surface area contributed by atoms with Gasteiger partial charge in [-0.25, -0.2) is 15.0 Å². The summed E-state index contributed by atoms with van der Waals surface area (Å²) in [6.07, 6.45) is 5.03. The zero-order chi connectivity index (χ0) is 20.5. The van der Waals surface area contributed by atoms with Crippen LogP contribution >= 0.6 is 0 Å². The molecule has 3 aromatic rings. The Morgan fingerprint density at radius 3 is 2.83 bits per heavy atom. The van der Waals surface area contributed by atoms with Gasteiger partial charge in [-0.05, 0) is 18.4 Å². The number of aromatic amines is 1. The van der Waals surface area contributed by atoms with Gasteiger partial charge in [0.2, 0.25) is 0 Å².